The summed E-state index contributed by atoms with van der Waals surface area (Å²) in [6.07, 6.45) is 3.61. The van der Waals surface area contributed by atoms with Crippen LogP contribution in [0.1, 0.15) is 27.8 Å². The van der Waals surface area contributed by atoms with Crippen LogP contribution in [0.3, 0.4) is 0 Å². The minimum absolute atomic E-state index is 0.0625. The number of carbonyl (C=O) groups excluding carboxylic acids is 1. The van der Waals surface area contributed by atoms with E-state index in [1.165, 1.54) is 5.56 Å². The van der Waals surface area contributed by atoms with Crippen LogP contribution in [0.15, 0.2) is 41.1 Å². The zero-order valence-electron chi connectivity index (χ0n) is 11.3. The van der Waals surface area contributed by atoms with Crippen molar-refractivity contribution in [1.29, 1.82) is 0 Å². The molecule has 1 aliphatic heterocycles. The molecule has 3 heterocycles. The summed E-state index contributed by atoms with van der Waals surface area (Å²) in [7, 11) is 1.60. The van der Waals surface area contributed by atoms with Crippen molar-refractivity contribution < 1.29 is 13.9 Å². The van der Waals surface area contributed by atoms with Crippen LogP contribution >= 0.6 is 0 Å². The highest BCUT2D eigenvalue weighted by atomic mass is 16.5. The maximum atomic E-state index is 12.2. The van der Waals surface area contributed by atoms with E-state index >= 15 is 0 Å². The SMILES string of the molecule is COCc1ccc(C(=O)N2CC(c3cccnc3)C2)o1. The zero-order valence-corrected chi connectivity index (χ0v) is 11.3. The highest BCUT2D eigenvalue weighted by Gasteiger charge is 2.33. The highest BCUT2D eigenvalue weighted by Crippen LogP contribution is 2.28. The summed E-state index contributed by atoms with van der Waals surface area (Å²) < 4.78 is 10.4. The molecule has 1 fully saturated rings. The lowest BCUT2D eigenvalue weighted by molar-refractivity contribution is 0.0562. The largest absolute Gasteiger partial charge is 0.453 e. The first-order chi connectivity index (χ1) is 9.78. The van der Waals surface area contributed by atoms with Gasteiger partial charge in [-0.1, -0.05) is 6.07 Å². The van der Waals surface area contributed by atoms with Gasteiger partial charge >= 0.3 is 0 Å². The van der Waals surface area contributed by atoms with Crippen LogP contribution in [0.4, 0.5) is 0 Å². The molecule has 5 nitrogen and oxygen atoms in total. The molecule has 1 amide bonds. The average molecular weight is 272 g/mol. The standard InChI is InChI=1S/C15H16N2O3/c1-19-10-13-4-5-14(20-13)15(18)17-8-12(9-17)11-3-2-6-16-7-11/h2-7,12H,8-10H2,1H3. The molecular weight excluding hydrogens is 256 g/mol. The summed E-state index contributed by atoms with van der Waals surface area (Å²) >= 11 is 0. The average Bonchev–Trinajstić information content (AvgIpc) is 2.87. The lowest BCUT2D eigenvalue weighted by Gasteiger charge is -2.38. The fourth-order valence-electron chi connectivity index (χ4n) is 2.34. The Bertz CT molecular complexity index is 588. The lowest BCUT2D eigenvalue weighted by atomic mass is 9.92. The van der Waals surface area contributed by atoms with Crippen molar-refractivity contribution >= 4 is 5.91 Å². The van der Waals surface area contributed by atoms with E-state index in [1.54, 1.807) is 30.3 Å². The second-order valence-corrected chi connectivity index (χ2v) is 4.89. The Kier molecular flexibility index (Phi) is 3.52. The normalized spacial score (nSPS) is 15.2. The Morgan fingerprint density at radius 3 is 3.00 bits per heavy atom. The smallest absolute Gasteiger partial charge is 0.289 e. The number of methoxy groups -OCH3 is 1. The molecule has 0 unspecified atom stereocenters. The van der Waals surface area contributed by atoms with E-state index in [4.69, 9.17) is 9.15 Å². The van der Waals surface area contributed by atoms with Crippen LogP contribution in [0.5, 0.6) is 0 Å². The van der Waals surface area contributed by atoms with Crippen molar-refractivity contribution in [1.82, 2.24) is 9.88 Å². The Balaban J connectivity index is 1.60. The van der Waals surface area contributed by atoms with Crippen LogP contribution in [0.2, 0.25) is 0 Å². The van der Waals surface area contributed by atoms with Gasteiger partial charge in [-0.3, -0.25) is 9.78 Å². The van der Waals surface area contributed by atoms with Crippen molar-refractivity contribution in [3.05, 3.63) is 53.7 Å². The van der Waals surface area contributed by atoms with Gasteiger partial charge in [0.05, 0.1) is 0 Å². The van der Waals surface area contributed by atoms with Gasteiger partial charge in [-0.25, -0.2) is 0 Å². The van der Waals surface area contributed by atoms with E-state index in [-0.39, 0.29) is 5.91 Å². The van der Waals surface area contributed by atoms with Gasteiger partial charge in [-0.05, 0) is 23.8 Å². The predicted octanol–water partition coefficient (Wildman–Crippen LogP) is 2.06. The van der Waals surface area contributed by atoms with Crippen LogP contribution in [-0.4, -0.2) is 36.0 Å². The van der Waals surface area contributed by atoms with Crippen molar-refractivity contribution in [2.75, 3.05) is 20.2 Å². The fourth-order valence-corrected chi connectivity index (χ4v) is 2.34. The summed E-state index contributed by atoms with van der Waals surface area (Å²) in [5.74, 6) is 1.36. The van der Waals surface area contributed by atoms with Gasteiger partial charge in [0.1, 0.15) is 12.4 Å². The Hall–Kier alpha value is -2.14. The molecule has 0 radical (unpaired) electrons. The molecule has 1 saturated heterocycles. The molecule has 2 aromatic rings. The third-order valence-corrected chi connectivity index (χ3v) is 3.48. The first-order valence-corrected chi connectivity index (χ1v) is 6.55. The number of pyridine rings is 1. The molecule has 0 N–H and O–H groups in total. The first kappa shape index (κ1) is 12.9. The van der Waals surface area contributed by atoms with Crippen molar-refractivity contribution in [3.8, 4) is 0 Å². The predicted molar refractivity (Wildman–Crippen MR) is 72.3 cm³/mol. The van der Waals surface area contributed by atoms with E-state index in [0.717, 1.165) is 0 Å². The number of ether oxygens (including phenoxy) is 1. The molecule has 20 heavy (non-hydrogen) atoms. The number of carbonyl (C=O) groups is 1. The minimum Gasteiger partial charge on any atom is -0.453 e. The third kappa shape index (κ3) is 2.44. The number of hydrogen-bond acceptors (Lipinski definition) is 4. The van der Waals surface area contributed by atoms with Gasteiger partial charge in [0.2, 0.25) is 0 Å². The summed E-state index contributed by atoms with van der Waals surface area (Å²) in [5.41, 5.74) is 1.18. The van der Waals surface area contributed by atoms with Gasteiger partial charge in [-0.2, -0.15) is 0 Å². The zero-order chi connectivity index (χ0) is 13.9. The molecule has 3 rings (SSSR count). The summed E-state index contributed by atoms with van der Waals surface area (Å²) in [5, 5.41) is 0. The van der Waals surface area contributed by atoms with Gasteiger partial charge in [0.25, 0.3) is 5.91 Å². The maximum absolute atomic E-state index is 12.2. The number of furan rings is 1. The van der Waals surface area contributed by atoms with Gasteiger partial charge < -0.3 is 14.1 Å². The van der Waals surface area contributed by atoms with Crippen LogP contribution < -0.4 is 0 Å². The van der Waals surface area contributed by atoms with E-state index < -0.39 is 0 Å². The second kappa shape index (κ2) is 5.46. The quantitative estimate of drug-likeness (QED) is 0.855. The Morgan fingerprint density at radius 2 is 2.30 bits per heavy atom. The van der Waals surface area contributed by atoms with Crippen molar-refractivity contribution in [3.63, 3.8) is 0 Å². The first-order valence-electron chi connectivity index (χ1n) is 6.55. The number of nitrogens with zero attached hydrogens (tertiary/aromatic N) is 2. The molecule has 0 aliphatic carbocycles. The molecule has 1 aliphatic rings. The molecule has 0 saturated carbocycles. The van der Waals surface area contributed by atoms with E-state index in [2.05, 4.69) is 4.98 Å². The van der Waals surface area contributed by atoms with Gasteiger partial charge in [0.15, 0.2) is 5.76 Å². The Morgan fingerprint density at radius 1 is 1.45 bits per heavy atom. The number of rotatable bonds is 4. The molecule has 0 atom stereocenters. The summed E-state index contributed by atoms with van der Waals surface area (Å²) in [4.78, 5) is 18.1. The molecular formula is C15H16N2O3. The lowest BCUT2D eigenvalue weighted by Crippen LogP contribution is -2.48. The minimum atomic E-state index is -0.0625. The van der Waals surface area contributed by atoms with E-state index in [0.29, 0.717) is 37.1 Å². The molecule has 0 spiro atoms. The Labute approximate surface area is 117 Å². The molecule has 5 heteroatoms. The molecule has 2 aromatic heterocycles. The third-order valence-electron chi connectivity index (χ3n) is 3.48. The topological polar surface area (TPSA) is 55.6 Å². The number of hydrogen-bond donors (Lipinski definition) is 0. The summed E-state index contributed by atoms with van der Waals surface area (Å²) in [6.45, 7) is 1.81. The fraction of sp³-hybridized carbons (Fsp3) is 0.333. The van der Waals surface area contributed by atoms with E-state index in [1.807, 2.05) is 18.3 Å². The monoisotopic (exact) mass is 272 g/mol. The number of amides is 1. The highest BCUT2D eigenvalue weighted by molar-refractivity contribution is 5.92. The van der Waals surface area contributed by atoms with Crippen molar-refractivity contribution in [2.45, 2.75) is 12.5 Å². The van der Waals surface area contributed by atoms with Gasteiger partial charge in [-0.15, -0.1) is 0 Å². The van der Waals surface area contributed by atoms with E-state index in [9.17, 15) is 4.79 Å². The van der Waals surface area contributed by atoms with Crippen LogP contribution in [-0.2, 0) is 11.3 Å². The van der Waals surface area contributed by atoms with Crippen LogP contribution in [0, 0.1) is 0 Å². The van der Waals surface area contributed by atoms with Crippen molar-refractivity contribution in [2.24, 2.45) is 0 Å². The molecule has 104 valence electrons. The molecule has 0 bridgehead atoms. The number of aromatic nitrogens is 1. The van der Waals surface area contributed by atoms with Crippen LogP contribution in [0.25, 0.3) is 0 Å². The maximum Gasteiger partial charge on any atom is 0.289 e. The summed E-state index contributed by atoms with van der Waals surface area (Å²) in [6, 6.07) is 7.44. The second-order valence-electron chi connectivity index (χ2n) is 4.89. The number of likely N-dealkylation sites (tertiary alicyclic amines) is 1. The van der Waals surface area contributed by atoms with Gasteiger partial charge in [0, 0.05) is 38.5 Å². The molecule has 0 aromatic carbocycles.